The van der Waals surface area contributed by atoms with Gasteiger partial charge in [0, 0.05) is 23.0 Å². The van der Waals surface area contributed by atoms with Crippen LogP contribution in [0.1, 0.15) is 87.6 Å². The van der Waals surface area contributed by atoms with Gasteiger partial charge in [0.2, 0.25) is 0 Å². The molecule has 2 aliphatic rings. The van der Waals surface area contributed by atoms with E-state index in [-0.39, 0.29) is 0 Å². The summed E-state index contributed by atoms with van der Waals surface area (Å²) >= 11 is 6.47. The Hall–Kier alpha value is -1.31. The molecule has 2 aromatic carbocycles. The van der Waals surface area contributed by atoms with Crippen LogP contribution in [0.15, 0.2) is 42.5 Å². The van der Waals surface area contributed by atoms with Gasteiger partial charge in [-0.25, -0.2) is 0 Å². The first-order valence-electron chi connectivity index (χ1n) is 12.0. The molecule has 1 nitrogen and oxygen atoms in total. The molecule has 0 radical (unpaired) electrons. The van der Waals surface area contributed by atoms with Gasteiger partial charge in [0.1, 0.15) is 0 Å². The van der Waals surface area contributed by atoms with E-state index in [1.165, 1.54) is 42.4 Å². The van der Waals surface area contributed by atoms with E-state index in [9.17, 15) is 0 Å². The minimum Gasteiger partial charge on any atom is -0.307 e. The highest BCUT2D eigenvalue weighted by molar-refractivity contribution is 6.31. The molecule has 0 amide bonds. The predicted octanol–water partition coefficient (Wildman–Crippen LogP) is 7.91. The van der Waals surface area contributed by atoms with E-state index in [2.05, 4.69) is 82.4 Å². The highest BCUT2D eigenvalue weighted by Gasteiger charge is 2.39. The van der Waals surface area contributed by atoms with Crippen molar-refractivity contribution in [2.75, 3.05) is 0 Å². The maximum absolute atomic E-state index is 6.47. The lowest BCUT2D eigenvalue weighted by Gasteiger charge is -2.46. The molecule has 1 saturated carbocycles. The minimum absolute atomic E-state index is 0.448. The van der Waals surface area contributed by atoms with Crippen LogP contribution in [0.5, 0.6) is 0 Å². The molecule has 1 N–H and O–H groups in total. The van der Waals surface area contributed by atoms with Crippen LogP contribution in [-0.4, -0.2) is 6.04 Å². The zero-order chi connectivity index (χ0) is 21.4. The summed E-state index contributed by atoms with van der Waals surface area (Å²) in [7, 11) is 0. The summed E-state index contributed by atoms with van der Waals surface area (Å²) in [6.45, 7) is 11.9. The van der Waals surface area contributed by atoms with Crippen LogP contribution >= 0.6 is 11.6 Å². The van der Waals surface area contributed by atoms with Crippen LogP contribution in [0.2, 0.25) is 5.02 Å². The van der Waals surface area contributed by atoms with Crippen LogP contribution in [0.25, 0.3) is 0 Å². The number of aryl methyl sites for hydroxylation is 1. The van der Waals surface area contributed by atoms with Gasteiger partial charge >= 0.3 is 0 Å². The second kappa shape index (κ2) is 9.05. The van der Waals surface area contributed by atoms with Crippen molar-refractivity contribution in [1.82, 2.24) is 5.32 Å². The van der Waals surface area contributed by atoms with E-state index >= 15 is 0 Å². The number of hydrogen-bond acceptors (Lipinski definition) is 1. The Kier molecular flexibility index (Phi) is 6.61. The zero-order valence-electron chi connectivity index (χ0n) is 19.3. The lowest BCUT2D eigenvalue weighted by molar-refractivity contribution is 0.0779. The Morgan fingerprint density at radius 1 is 0.933 bits per heavy atom. The van der Waals surface area contributed by atoms with Crippen molar-refractivity contribution in [3.8, 4) is 0 Å². The van der Waals surface area contributed by atoms with Gasteiger partial charge in [-0.05, 0) is 78.2 Å². The highest BCUT2D eigenvalue weighted by Crippen LogP contribution is 2.45. The average molecular weight is 424 g/mol. The molecular weight excluding hydrogens is 386 g/mol. The van der Waals surface area contributed by atoms with Crippen molar-refractivity contribution in [3.05, 3.63) is 69.7 Å². The molecule has 4 rings (SSSR count). The normalized spacial score (nSPS) is 33.9. The van der Waals surface area contributed by atoms with E-state index in [0.717, 1.165) is 34.3 Å². The second-order valence-electron chi connectivity index (χ2n) is 10.1. The summed E-state index contributed by atoms with van der Waals surface area (Å²) in [5, 5.41) is 5.03. The first-order valence-corrected chi connectivity index (χ1v) is 12.4. The molecule has 1 fully saturated rings. The summed E-state index contributed by atoms with van der Waals surface area (Å²) in [4.78, 5) is 0. The predicted molar refractivity (Wildman–Crippen MR) is 129 cm³/mol. The molecule has 2 aliphatic carbocycles. The van der Waals surface area contributed by atoms with Crippen LogP contribution in [0, 0.1) is 30.6 Å². The first kappa shape index (κ1) is 21.9. The first-order chi connectivity index (χ1) is 14.4. The van der Waals surface area contributed by atoms with Crippen LogP contribution in [-0.2, 0) is 0 Å². The SMILES string of the molecule is CCC1CC(NC2CCC(c3ccc(C)c(Cl)c3)c3ccccc32)C(C)C(C)C1C. The quantitative estimate of drug-likeness (QED) is 0.526. The van der Waals surface area contributed by atoms with Gasteiger partial charge in [0.05, 0.1) is 0 Å². The summed E-state index contributed by atoms with van der Waals surface area (Å²) in [6, 6.07) is 16.8. The number of halogens is 1. The lowest BCUT2D eigenvalue weighted by Crippen LogP contribution is -2.48. The number of nitrogens with one attached hydrogen (secondary N) is 1. The van der Waals surface area contributed by atoms with Crippen molar-refractivity contribution in [3.63, 3.8) is 0 Å². The fourth-order valence-corrected chi connectivity index (χ4v) is 6.37. The third kappa shape index (κ3) is 4.08. The van der Waals surface area contributed by atoms with Crippen molar-refractivity contribution in [2.24, 2.45) is 23.7 Å². The Morgan fingerprint density at radius 2 is 1.67 bits per heavy atom. The van der Waals surface area contributed by atoms with Gasteiger partial charge in [-0.3, -0.25) is 0 Å². The molecule has 7 atom stereocenters. The molecule has 0 spiro atoms. The van der Waals surface area contributed by atoms with E-state index < -0.39 is 0 Å². The molecule has 2 aromatic rings. The van der Waals surface area contributed by atoms with Gasteiger partial charge < -0.3 is 5.32 Å². The Bertz CT molecular complexity index is 873. The number of rotatable bonds is 4. The largest absolute Gasteiger partial charge is 0.307 e. The van der Waals surface area contributed by atoms with Crippen molar-refractivity contribution >= 4 is 11.6 Å². The van der Waals surface area contributed by atoms with Crippen LogP contribution in [0.3, 0.4) is 0 Å². The molecular formula is C28H38ClN. The van der Waals surface area contributed by atoms with E-state index in [1.54, 1.807) is 0 Å². The fraction of sp³-hybridized carbons (Fsp3) is 0.571. The summed E-state index contributed by atoms with van der Waals surface area (Å²) in [5.74, 6) is 3.63. The number of fused-ring (bicyclic) bond motifs is 1. The Morgan fingerprint density at radius 3 is 2.37 bits per heavy atom. The van der Waals surface area contributed by atoms with Gasteiger partial charge in [-0.1, -0.05) is 82.1 Å². The molecule has 30 heavy (non-hydrogen) atoms. The molecule has 7 unspecified atom stereocenters. The van der Waals surface area contributed by atoms with Crippen molar-refractivity contribution in [1.29, 1.82) is 0 Å². The second-order valence-corrected chi connectivity index (χ2v) is 10.5. The molecule has 0 bridgehead atoms. The van der Waals surface area contributed by atoms with E-state index in [1.807, 2.05) is 0 Å². The average Bonchev–Trinajstić information content (AvgIpc) is 2.76. The molecule has 0 aromatic heterocycles. The van der Waals surface area contributed by atoms with Crippen molar-refractivity contribution in [2.45, 2.75) is 78.3 Å². The van der Waals surface area contributed by atoms with Crippen molar-refractivity contribution < 1.29 is 0 Å². The Labute approximate surface area is 188 Å². The lowest BCUT2D eigenvalue weighted by atomic mass is 9.65. The number of hydrogen-bond donors (Lipinski definition) is 1. The Balaban J connectivity index is 1.59. The number of benzene rings is 2. The molecule has 0 heterocycles. The van der Waals surface area contributed by atoms with E-state index in [0.29, 0.717) is 18.0 Å². The van der Waals surface area contributed by atoms with Gasteiger partial charge in [-0.2, -0.15) is 0 Å². The summed E-state index contributed by atoms with van der Waals surface area (Å²) in [5.41, 5.74) is 5.50. The summed E-state index contributed by atoms with van der Waals surface area (Å²) in [6.07, 6.45) is 4.99. The van der Waals surface area contributed by atoms with Crippen LogP contribution in [0.4, 0.5) is 0 Å². The van der Waals surface area contributed by atoms with Gasteiger partial charge in [0.15, 0.2) is 0 Å². The molecule has 0 aliphatic heterocycles. The monoisotopic (exact) mass is 423 g/mol. The highest BCUT2D eigenvalue weighted by atomic mass is 35.5. The third-order valence-electron chi connectivity index (χ3n) is 8.62. The zero-order valence-corrected chi connectivity index (χ0v) is 20.0. The summed E-state index contributed by atoms with van der Waals surface area (Å²) < 4.78 is 0. The topological polar surface area (TPSA) is 12.0 Å². The maximum Gasteiger partial charge on any atom is 0.0438 e. The smallest absolute Gasteiger partial charge is 0.0438 e. The standard InChI is InChI=1S/C28H38ClN/c1-6-21-16-28(20(5)18(3)19(21)4)30-27-14-13-23(24-9-7-8-10-25(24)27)22-12-11-17(2)26(29)15-22/h7-12,15,18-21,23,27-28,30H,6,13-14,16H2,1-5H3. The third-order valence-corrected chi connectivity index (χ3v) is 9.03. The van der Waals surface area contributed by atoms with Crippen LogP contribution < -0.4 is 5.32 Å². The van der Waals surface area contributed by atoms with E-state index in [4.69, 9.17) is 11.6 Å². The van der Waals surface area contributed by atoms with Gasteiger partial charge in [-0.15, -0.1) is 0 Å². The molecule has 2 heteroatoms. The maximum atomic E-state index is 6.47. The molecule has 0 saturated heterocycles. The minimum atomic E-state index is 0.448. The van der Waals surface area contributed by atoms with Gasteiger partial charge in [0.25, 0.3) is 0 Å². The molecule has 162 valence electrons. The fourth-order valence-electron chi connectivity index (χ4n) is 6.18.